The van der Waals surface area contributed by atoms with Crippen molar-refractivity contribution in [2.45, 2.75) is 46.1 Å². The first-order valence-electron chi connectivity index (χ1n) is 7.25. The van der Waals surface area contributed by atoms with Crippen molar-refractivity contribution in [1.82, 2.24) is 0 Å². The van der Waals surface area contributed by atoms with Crippen LogP contribution < -0.4 is 5.32 Å². The third-order valence-electron chi connectivity index (χ3n) is 2.17. The third kappa shape index (κ3) is 10.3. The molecule has 5 nitrogen and oxygen atoms in total. The molecule has 22 heavy (non-hydrogen) atoms. The number of benzene rings is 1. The van der Waals surface area contributed by atoms with Gasteiger partial charge < -0.3 is 14.8 Å². The Morgan fingerprint density at radius 2 is 1.73 bits per heavy atom. The summed E-state index contributed by atoms with van der Waals surface area (Å²) in [5, 5.41) is 3.16. The van der Waals surface area contributed by atoms with Crippen LogP contribution in [0, 0.1) is 0 Å². The zero-order valence-electron chi connectivity index (χ0n) is 14.7. The van der Waals surface area contributed by atoms with Gasteiger partial charge in [-0.3, -0.25) is 0 Å². The smallest absolute Gasteiger partial charge is 0.175 e. The highest BCUT2D eigenvalue weighted by atomic mass is 32.2. The van der Waals surface area contributed by atoms with Crippen LogP contribution in [0.4, 0.5) is 5.69 Å². The largest absolute Gasteiger partial charge is 0.385 e. The lowest BCUT2D eigenvalue weighted by Gasteiger charge is -2.11. The summed E-state index contributed by atoms with van der Waals surface area (Å²) in [6, 6.07) is 5.03. The minimum absolute atomic E-state index is 0.167. The van der Waals surface area contributed by atoms with E-state index in [1.54, 1.807) is 25.3 Å². The van der Waals surface area contributed by atoms with E-state index in [4.69, 9.17) is 4.74 Å². The molecule has 0 saturated heterocycles. The van der Waals surface area contributed by atoms with E-state index in [1.807, 2.05) is 20.8 Å². The number of methoxy groups -OCH3 is 1. The van der Waals surface area contributed by atoms with Gasteiger partial charge in [-0.15, -0.1) is 0 Å². The molecular weight excluding hydrogens is 302 g/mol. The van der Waals surface area contributed by atoms with Crippen LogP contribution in [0.2, 0.25) is 0 Å². The Bertz CT molecular complexity index is 535. The molecule has 0 bridgehead atoms. The first-order valence-corrected chi connectivity index (χ1v) is 9.14. The molecule has 0 atom stereocenters. The van der Waals surface area contributed by atoms with Crippen LogP contribution in [0.15, 0.2) is 23.1 Å². The summed E-state index contributed by atoms with van der Waals surface area (Å²) < 4.78 is 27.8. The van der Waals surface area contributed by atoms with Crippen molar-refractivity contribution in [3.63, 3.8) is 0 Å². The number of rotatable bonds is 5. The Kier molecular flexibility index (Phi) is 12.7. The summed E-state index contributed by atoms with van der Waals surface area (Å²) in [6.45, 7) is 10.2. The number of Topliss-reactive ketones (excluding diaryl/α,β-unsaturated/α-hetero) is 1. The average Bonchev–Trinajstić information content (AvgIpc) is 2.42. The number of ketones is 1. The fourth-order valence-corrected chi connectivity index (χ4v) is 2.11. The van der Waals surface area contributed by atoms with E-state index in [2.05, 4.69) is 5.32 Å². The molecular formula is C16H29NO4S. The minimum atomic E-state index is -3.16. The van der Waals surface area contributed by atoms with Crippen molar-refractivity contribution in [3.8, 4) is 0 Å². The third-order valence-corrected chi connectivity index (χ3v) is 3.28. The molecule has 0 aliphatic rings. The molecule has 0 unspecified atom stereocenters. The molecule has 0 aliphatic carbocycles. The number of nitrogens with one attached hydrogen (secondary N) is 1. The highest BCUT2D eigenvalue weighted by Gasteiger charge is 2.10. The summed E-state index contributed by atoms with van der Waals surface area (Å²) >= 11 is 0. The molecule has 0 spiro atoms. The van der Waals surface area contributed by atoms with Gasteiger partial charge in [0.15, 0.2) is 9.84 Å². The van der Waals surface area contributed by atoms with Crippen LogP contribution in [0.5, 0.6) is 0 Å². The molecule has 0 heterocycles. The fourth-order valence-electron chi connectivity index (χ4n) is 1.44. The van der Waals surface area contributed by atoms with Crippen molar-refractivity contribution in [3.05, 3.63) is 23.8 Å². The second kappa shape index (κ2) is 12.2. The summed E-state index contributed by atoms with van der Waals surface area (Å²) in [4.78, 5) is 9.77. The summed E-state index contributed by atoms with van der Waals surface area (Å²) in [5.74, 6) is 0.167. The Balaban J connectivity index is 0. The predicted molar refractivity (Wildman–Crippen MR) is 92.1 cm³/mol. The number of hydrogen-bond donors (Lipinski definition) is 1. The van der Waals surface area contributed by atoms with Gasteiger partial charge in [0.2, 0.25) is 0 Å². The molecule has 0 fully saturated rings. The van der Waals surface area contributed by atoms with Gasteiger partial charge in [0, 0.05) is 31.2 Å². The van der Waals surface area contributed by atoms with Gasteiger partial charge in [0.1, 0.15) is 5.78 Å². The number of carbonyl (C=O) groups is 1. The standard InChI is InChI=1S/C11H17NO3S.C3H6O.C2H6/c1-4-12-11-6-5-10(16(3,13)14)7-9(11)8-15-2;1-3(2)4;1-2/h5-7,12H,4,8H2,1-3H3;1-2H3;1-2H3. The van der Waals surface area contributed by atoms with Gasteiger partial charge in [-0.2, -0.15) is 0 Å². The van der Waals surface area contributed by atoms with Crippen molar-refractivity contribution in [1.29, 1.82) is 0 Å². The van der Waals surface area contributed by atoms with E-state index in [1.165, 1.54) is 20.1 Å². The number of carbonyl (C=O) groups excluding carboxylic acids is 1. The van der Waals surface area contributed by atoms with Gasteiger partial charge in [-0.05, 0) is 39.0 Å². The molecule has 0 amide bonds. The number of anilines is 1. The number of hydrogen-bond acceptors (Lipinski definition) is 5. The van der Waals surface area contributed by atoms with Crippen LogP contribution >= 0.6 is 0 Å². The zero-order chi connectivity index (χ0) is 17.8. The molecule has 0 aromatic heterocycles. The van der Waals surface area contributed by atoms with Gasteiger partial charge >= 0.3 is 0 Å². The second-order valence-corrected chi connectivity index (χ2v) is 6.48. The maximum absolute atomic E-state index is 11.4. The summed E-state index contributed by atoms with van der Waals surface area (Å²) in [6.07, 6.45) is 1.20. The highest BCUT2D eigenvalue weighted by molar-refractivity contribution is 7.90. The average molecular weight is 331 g/mol. The zero-order valence-corrected chi connectivity index (χ0v) is 15.5. The van der Waals surface area contributed by atoms with E-state index >= 15 is 0 Å². The monoisotopic (exact) mass is 331 g/mol. The Morgan fingerprint density at radius 3 is 2.09 bits per heavy atom. The van der Waals surface area contributed by atoms with Crippen LogP contribution in [-0.4, -0.2) is 34.1 Å². The van der Waals surface area contributed by atoms with Gasteiger partial charge in [0.05, 0.1) is 11.5 Å². The maximum atomic E-state index is 11.4. The normalized spacial score (nSPS) is 9.77. The molecule has 6 heteroatoms. The molecule has 1 aromatic carbocycles. The highest BCUT2D eigenvalue weighted by Crippen LogP contribution is 2.21. The Morgan fingerprint density at radius 1 is 1.23 bits per heavy atom. The first-order chi connectivity index (χ1) is 10.2. The van der Waals surface area contributed by atoms with Crippen molar-refractivity contribution in [2.24, 2.45) is 0 Å². The van der Waals surface area contributed by atoms with Gasteiger partial charge in [-0.1, -0.05) is 13.8 Å². The van der Waals surface area contributed by atoms with E-state index < -0.39 is 9.84 Å². The SMILES string of the molecule is CC.CC(C)=O.CCNc1ccc(S(C)(=O)=O)cc1COC. The van der Waals surface area contributed by atoms with Crippen LogP contribution in [0.1, 0.15) is 40.2 Å². The van der Waals surface area contributed by atoms with Crippen molar-refractivity contribution in [2.75, 3.05) is 25.2 Å². The van der Waals surface area contributed by atoms with Crippen LogP contribution in [-0.2, 0) is 26.0 Å². The quantitative estimate of drug-likeness (QED) is 0.896. The van der Waals surface area contributed by atoms with E-state index in [-0.39, 0.29) is 5.78 Å². The number of ether oxygens (including phenoxy) is 1. The van der Waals surface area contributed by atoms with E-state index in [0.29, 0.717) is 11.5 Å². The molecule has 128 valence electrons. The molecule has 0 saturated carbocycles. The summed E-state index contributed by atoms with van der Waals surface area (Å²) in [7, 11) is -1.57. The molecule has 0 radical (unpaired) electrons. The van der Waals surface area contributed by atoms with Crippen LogP contribution in [0.3, 0.4) is 0 Å². The van der Waals surface area contributed by atoms with Gasteiger partial charge in [-0.25, -0.2) is 8.42 Å². The van der Waals surface area contributed by atoms with E-state index in [0.717, 1.165) is 17.8 Å². The molecule has 1 rings (SSSR count). The Labute approximate surface area is 135 Å². The van der Waals surface area contributed by atoms with Crippen molar-refractivity contribution < 1.29 is 17.9 Å². The number of sulfone groups is 1. The molecule has 1 N–H and O–H groups in total. The predicted octanol–water partition coefficient (Wildman–Crippen LogP) is 3.29. The maximum Gasteiger partial charge on any atom is 0.175 e. The second-order valence-electron chi connectivity index (χ2n) is 4.46. The lowest BCUT2D eigenvalue weighted by molar-refractivity contribution is -0.114. The van der Waals surface area contributed by atoms with Crippen LogP contribution in [0.25, 0.3) is 0 Å². The lowest BCUT2D eigenvalue weighted by Crippen LogP contribution is -2.04. The minimum Gasteiger partial charge on any atom is -0.385 e. The van der Waals surface area contributed by atoms with Crippen molar-refractivity contribution >= 4 is 21.3 Å². The summed E-state index contributed by atoms with van der Waals surface area (Å²) in [5.41, 5.74) is 1.77. The topological polar surface area (TPSA) is 72.5 Å². The van der Waals surface area contributed by atoms with Gasteiger partial charge in [0.25, 0.3) is 0 Å². The Hall–Kier alpha value is -1.40. The molecule has 1 aromatic rings. The molecule has 0 aliphatic heterocycles. The lowest BCUT2D eigenvalue weighted by atomic mass is 10.2. The fraction of sp³-hybridized carbons (Fsp3) is 0.562. The van der Waals surface area contributed by atoms with E-state index in [9.17, 15) is 13.2 Å². The first kappa shape index (κ1) is 22.9.